The average Bonchev–Trinajstić information content (AvgIpc) is 2.74. The average molecular weight is 253 g/mol. The predicted octanol–water partition coefficient (Wildman–Crippen LogP) is 1.83. The summed E-state index contributed by atoms with van der Waals surface area (Å²) in [5, 5.41) is 7.61. The zero-order valence-electron chi connectivity index (χ0n) is 10.4. The Hall–Kier alpha value is -0.550. The highest BCUT2D eigenvalue weighted by Gasteiger charge is 2.49. The Bertz CT molecular complexity index is 398. The SMILES string of the molecule is CC1(C)CC1c1noc(CC2CSCCN2)n1. The van der Waals surface area contributed by atoms with E-state index < -0.39 is 0 Å². The molecule has 2 aliphatic rings. The van der Waals surface area contributed by atoms with Gasteiger partial charge in [-0.05, 0) is 11.8 Å². The highest BCUT2D eigenvalue weighted by atomic mass is 32.2. The summed E-state index contributed by atoms with van der Waals surface area (Å²) in [6.45, 7) is 5.60. The minimum absolute atomic E-state index is 0.375. The molecule has 1 N–H and O–H groups in total. The summed E-state index contributed by atoms with van der Waals surface area (Å²) in [6, 6.07) is 0.495. The Kier molecular flexibility index (Phi) is 2.91. The summed E-state index contributed by atoms with van der Waals surface area (Å²) in [4.78, 5) is 4.53. The number of nitrogens with one attached hydrogen (secondary N) is 1. The highest BCUT2D eigenvalue weighted by Crippen LogP contribution is 2.57. The summed E-state index contributed by atoms with van der Waals surface area (Å²) >= 11 is 2.00. The van der Waals surface area contributed by atoms with E-state index in [9.17, 15) is 0 Å². The van der Waals surface area contributed by atoms with Crippen LogP contribution in [-0.2, 0) is 6.42 Å². The van der Waals surface area contributed by atoms with Crippen molar-refractivity contribution in [3.63, 3.8) is 0 Å². The topological polar surface area (TPSA) is 51.0 Å². The largest absolute Gasteiger partial charge is 0.339 e. The van der Waals surface area contributed by atoms with E-state index in [2.05, 4.69) is 29.3 Å². The van der Waals surface area contributed by atoms with Gasteiger partial charge in [-0.25, -0.2) is 0 Å². The van der Waals surface area contributed by atoms with Gasteiger partial charge in [0, 0.05) is 36.4 Å². The molecule has 2 fully saturated rings. The fourth-order valence-electron chi connectivity index (χ4n) is 2.36. The van der Waals surface area contributed by atoms with E-state index in [4.69, 9.17) is 4.52 Å². The molecule has 0 bridgehead atoms. The van der Waals surface area contributed by atoms with Gasteiger partial charge in [0.05, 0.1) is 0 Å². The van der Waals surface area contributed by atoms with E-state index >= 15 is 0 Å². The van der Waals surface area contributed by atoms with Crippen molar-refractivity contribution >= 4 is 11.8 Å². The number of nitrogens with zero attached hydrogens (tertiary/aromatic N) is 2. The molecule has 1 aliphatic heterocycles. The van der Waals surface area contributed by atoms with Crippen LogP contribution < -0.4 is 5.32 Å². The third kappa shape index (κ3) is 2.50. The molecule has 1 aliphatic carbocycles. The minimum Gasteiger partial charge on any atom is -0.339 e. The van der Waals surface area contributed by atoms with Crippen LogP contribution in [0, 0.1) is 5.41 Å². The van der Waals surface area contributed by atoms with Gasteiger partial charge >= 0.3 is 0 Å². The Morgan fingerprint density at radius 2 is 2.35 bits per heavy atom. The van der Waals surface area contributed by atoms with E-state index in [-0.39, 0.29) is 0 Å². The maximum Gasteiger partial charge on any atom is 0.228 e. The molecule has 1 saturated carbocycles. The molecule has 1 aromatic heterocycles. The molecule has 2 unspecified atom stereocenters. The van der Waals surface area contributed by atoms with Gasteiger partial charge in [0.25, 0.3) is 0 Å². The Labute approximate surface area is 106 Å². The van der Waals surface area contributed by atoms with Crippen LogP contribution >= 0.6 is 11.8 Å². The lowest BCUT2D eigenvalue weighted by atomic mass is 10.1. The van der Waals surface area contributed by atoms with Gasteiger partial charge in [0.15, 0.2) is 5.82 Å². The maximum atomic E-state index is 5.35. The summed E-state index contributed by atoms with van der Waals surface area (Å²) in [7, 11) is 0. The van der Waals surface area contributed by atoms with Crippen LogP contribution in [0.3, 0.4) is 0 Å². The van der Waals surface area contributed by atoms with Crippen LogP contribution in [0.5, 0.6) is 0 Å². The highest BCUT2D eigenvalue weighted by molar-refractivity contribution is 7.99. The lowest BCUT2D eigenvalue weighted by molar-refractivity contribution is 0.357. The molecular formula is C12H19N3OS. The van der Waals surface area contributed by atoms with Crippen LogP contribution in [0.1, 0.15) is 37.9 Å². The first-order valence-corrected chi connectivity index (χ1v) is 7.44. The van der Waals surface area contributed by atoms with E-state index in [1.807, 2.05) is 11.8 Å². The summed E-state index contributed by atoms with van der Waals surface area (Å²) in [5.41, 5.74) is 0.375. The van der Waals surface area contributed by atoms with Crippen molar-refractivity contribution in [2.75, 3.05) is 18.1 Å². The van der Waals surface area contributed by atoms with Crippen LogP contribution in [-0.4, -0.2) is 34.2 Å². The number of hydrogen-bond acceptors (Lipinski definition) is 5. The molecule has 0 spiro atoms. The monoisotopic (exact) mass is 253 g/mol. The van der Waals surface area contributed by atoms with Gasteiger partial charge in [-0.15, -0.1) is 0 Å². The first-order valence-electron chi connectivity index (χ1n) is 6.29. The number of hydrogen-bond donors (Lipinski definition) is 1. The van der Waals surface area contributed by atoms with Gasteiger partial charge in [-0.2, -0.15) is 16.7 Å². The number of thioether (sulfide) groups is 1. The zero-order chi connectivity index (χ0) is 11.9. The first-order chi connectivity index (χ1) is 8.15. The molecule has 0 amide bonds. The van der Waals surface area contributed by atoms with Crippen molar-refractivity contribution in [2.45, 2.75) is 38.6 Å². The van der Waals surface area contributed by atoms with Crippen molar-refractivity contribution in [3.05, 3.63) is 11.7 Å². The van der Waals surface area contributed by atoms with Crippen LogP contribution in [0.2, 0.25) is 0 Å². The smallest absolute Gasteiger partial charge is 0.228 e. The van der Waals surface area contributed by atoms with E-state index in [1.54, 1.807) is 0 Å². The zero-order valence-corrected chi connectivity index (χ0v) is 11.2. The second kappa shape index (κ2) is 4.28. The fraction of sp³-hybridized carbons (Fsp3) is 0.833. The summed E-state index contributed by atoms with van der Waals surface area (Å²) < 4.78 is 5.35. The first kappa shape index (κ1) is 11.5. The number of aromatic nitrogens is 2. The van der Waals surface area contributed by atoms with Crippen LogP contribution in [0.4, 0.5) is 0 Å². The second-order valence-electron chi connectivity index (χ2n) is 5.72. The van der Waals surface area contributed by atoms with Crippen molar-refractivity contribution in [1.29, 1.82) is 0 Å². The fourth-order valence-corrected chi connectivity index (χ4v) is 3.31. The quantitative estimate of drug-likeness (QED) is 0.890. The van der Waals surface area contributed by atoms with Crippen molar-refractivity contribution < 1.29 is 4.52 Å². The van der Waals surface area contributed by atoms with Crippen LogP contribution in [0.25, 0.3) is 0 Å². The lowest BCUT2D eigenvalue weighted by Gasteiger charge is -2.21. The minimum atomic E-state index is 0.375. The van der Waals surface area contributed by atoms with Gasteiger partial charge in [0.1, 0.15) is 0 Å². The third-order valence-electron chi connectivity index (χ3n) is 3.73. The standard InChI is InChI=1S/C12H19N3OS/c1-12(2)6-9(12)11-14-10(16-15-11)5-8-7-17-4-3-13-8/h8-9,13H,3-7H2,1-2H3. The molecule has 1 saturated heterocycles. The molecular weight excluding hydrogens is 234 g/mol. The molecule has 5 heteroatoms. The lowest BCUT2D eigenvalue weighted by Crippen LogP contribution is -2.38. The molecule has 0 aromatic carbocycles. The molecule has 3 rings (SSSR count). The van der Waals surface area contributed by atoms with Crippen molar-refractivity contribution in [2.24, 2.45) is 5.41 Å². The van der Waals surface area contributed by atoms with E-state index in [0.29, 0.717) is 17.4 Å². The Morgan fingerprint density at radius 1 is 1.53 bits per heavy atom. The normalized spacial score (nSPS) is 31.4. The molecule has 4 nitrogen and oxygen atoms in total. The van der Waals surface area contributed by atoms with Gasteiger partial charge in [-0.1, -0.05) is 19.0 Å². The van der Waals surface area contributed by atoms with Crippen molar-refractivity contribution in [1.82, 2.24) is 15.5 Å². The van der Waals surface area contributed by atoms with Crippen molar-refractivity contribution in [3.8, 4) is 0 Å². The Morgan fingerprint density at radius 3 is 3.00 bits per heavy atom. The predicted molar refractivity (Wildman–Crippen MR) is 68.3 cm³/mol. The van der Waals surface area contributed by atoms with E-state index in [1.165, 1.54) is 12.2 Å². The van der Waals surface area contributed by atoms with Gasteiger partial charge in [0.2, 0.25) is 5.89 Å². The summed E-state index contributed by atoms with van der Waals surface area (Å²) in [6.07, 6.45) is 2.05. The van der Waals surface area contributed by atoms with Gasteiger partial charge < -0.3 is 9.84 Å². The molecule has 2 atom stereocenters. The third-order valence-corrected chi connectivity index (χ3v) is 4.86. The molecule has 1 aromatic rings. The molecule has 94 valence electrons. The summed E-state index contributed by atoms with van der Waals surface area (Å²) in [5.74, 6) is 4.57. The molecule has 0 radical (unpaired) electrons. The van der Waals surface area contributed by atoms with Gasteiger partial charge in [-0.3, -0.25) is 0 Å². The Balaban J connectivity index is 1.61. The maximum absolute atomic E-state index is 5.35. The number of rotatable bonds is 3. The van der Waals surface area contributed by atoms with Crippen LogP contribution in [0.15, 0.2) is 4.52 Å². The molecule has 17 heavy (non-hydrogen) atoms. The van der Waals surface area contributed by atoms with E-state index in [0.717, 1.165) is 30.4 Å². The molecule has 2 heterocycles. The second-order valence-corrected chi connectivity index (χ2v) is 6.87.